The van der Waals surface area contributed by atoms with Gasteiger partial charge in [-0.05, 0) is 45.2 Å². The fourth-order valence-electron chi connectivity index (χ4n) is 2.75. The van der Waals surface area contributed by atoms with Crippen molar-refractivity contribution in [2.24, 2.45) is 5.92 Å². The molecule has 0 amide bonds. The van der Waals surface area contributed by atoms with Crippen LogP contribution >= 0.6 is 0 Å². The van der Waals surface area contributed by atoms with E-state index in [2.05, 4.69) is 11.4 Å². The van der Waals surface area contributed by atoms with Crippen LogP contribution in [0.5, 0.6) is 0 Å². The van der Waals surface area contributed by atoms with E-state index in [-0.39, 0.29) is 23.6 Å². The minimum Gasteiger partial charge on any atom is -0.378 e. The summed E-state index contributed by atoms with van der Waals surface area (Å²) >= 11 is 0. The van der Waals surface area contributed by atoms with Crippen molar-refractivity contribution in [2.45, 2.75) is 51.6 Å². The third kappa shape index (κ3) is 3.17. The molecule has 1 aliphatic rings. The SMILES string of the molecule is CC(C)Nc1cccn([C@@H]2CCC[C@H](C#N)C2)c1=O. The molecule has 1 aromatic rings. The Morgan fingerprint density at radius 2 is 2.26 bits per heavy atom. The number of nitriles is 1. The van der Waals surface area contributed by atoms with Crippen molar-refractivity contribution >= 4 is 5.69 Å². The van der Waals surface area contributed by atoms with E-state index >= 15 is 0 Å². The topological polar surface area (TPSA) is 57.8 Å². The number of anilines is 1. The maximum atomic E-state index is 12.4. The Balaban J connectivity index is 2.25. The van der Waals surface area contributed by atoms with Crippen LogP contribution in [0.15, 0.2) is 23.1 Å². The first-order chi connectivity index (χ1) is 9.11. The number of hydrogen-bond acceptors (Lipinski definition) is 3. The van der Waals surface area contributed by atoms with Crippen LogP contribution in [0.3, 0.4) is 0 Å². The molecule has 4 nitrogen and oxygen atoms in total. The largest absolute Gasteiger partial charge is 0.378 e. The van der Waals surface area contributed by atoms with Gasteiger partial charge in [0.2, 0.25) is 0 Å². The van der Waals surface area contributed by atoms with Crippen LogP contribution in [0.1, 0.15) is 45.6 Å². The Bertz CT molecular complexity index is 527. The van der Waals surface area contributed by atoms with Crippen molar-refractivity contribution < 1.29 is 0 Å². The third-order valence-corrected chi connectivity index (χ3v) is 3.64. The van der Waals surface area contributed by atoms with Crippen molar-refractivity contribution in [3.63, 3.8) is 0 Å². The number of pyridine rings is 1. The molecule has 2 atom stereocenters. The van der Waals surface area contributed by atoms with Gasteiger partial charge in [-0.15, -0.1) is 0 Å². The molecule has 1 heterocycles. The summed E-state index contributed by atoms with van der Waals surface area (Å²) in [5.41, 5.74) is 0.677. The first-order valence-electron chi connectivity index (χ1n) is 6.99. The minimum atomic E-state index is 0.0276. The molecule has 1 saturated carbocycles. The van der Waals surface area contributed by atoms with E-state index in [1.807, 2.05) is 32.2 Å². The lowest BCUT2D eigenvalue weighted by Crippen LogP contribution is -2.30. The van der Waals surface area contributed by atoms with Crippen LogP contribution in [0.2, 0.25) is 0 Å². The number of aromatic nitrogens is 1. The predicted octanol–water partition coefficient (Wildman–Crippen LogP) is 2.92. The molecule has 2 rings (SSSR count). The highest BCUT2D eigenvalue weighted by Crippen LogP contribution is 2.31. The number of rotatable bonds is 3. The van der Waals surface area contributed by atoms with Gasteiger partial charge in [-0.2, -0.15) is 5.26 Å². The van der Waals surface area contributed by atoms with Crippen LogP contribution in [-0.2, 0) is 0 Å². The first kappa shape index (κ1) is 13.7. The highest BCUT2D eigenvalue weighted by Gasteiger charge is 2.24. The summed E-state index contributed by atoms with van der Waals surface area (Å²) < 4.78 is 1.80. The molecule has 1 N–H and O–H groups in total. The quantitative estimate of drug-likeness (QED) is 0.908. The Kier molecular flexibility index (Phi) is 4.26. The van der Waals surface area contributed by atoms with Crippen LogP contribution in [0.4, 0.5) is 5.69 Å². The zero-order valence-electron chi connectivity index (χ0n) is 11.6. The van der Waals surface area contributed by atoms with Crippen molar-refractivity contribution in [2.75, 3.05) is 5.32 Å². The monoisotopic (exact) mass is 259 g/mol. The fraction of sp³-hybridized carbons (Fsp3) is 0.600. The maximum Gasteiger partial charge on any atom is 0.274 e. The first-order valence-corrected chi connectivity index (χ1v) is 6.99. The molecule has 19 heavy (non-hydrogen) atoms. The summed E-state index contributed by atoms with van der Waals surface area (Å²) in [6.07, 6.45) is 5.62. The molecule has 0 radical (unpaired) electrons. The summed E-state index contributed by atoms with van der Waals surface area (Å²) in [5.74, 6) is 0.0902. The molecule has 102 valence electrons. The second kappa shape index (κ2) is 5.92. The Labute approximate surface area is 114 Å². The molecule has 4 heteroatoms. The molecule has 1 fully saturated rings. The van der Waals surface area contributed by atoms with Gasteiger partial charge in [0.05, 0.1) is 6.07 Å². The van der Waals surface area contributed by atoms with Crippen LogP contribution in [-0.4, -0.2) is 10.6 Å². The summed E-state index contributed by atoms with van der Waals surface area (Å²) in [5, 5.41) is 12.2. The van der Waals surface area contributed by atoms with Crippen molar-refractivity contribution in [3.05, 3.63) is 28.7 Å². The standard InChI is InChI=1S/C15H21N3O/c1-11(2)17-14-7-4-8-18(15(14)19)13-6-3-5-12(9-13)10-16/h4,7-8,11-13,17H,3,5-6,9H2,1-2H3/t12-,13+/m0/s1. The number of nitrogens with one attached hydrogen (secondary N) is 1. The third-order valence-electron chi connectivity index (χ3n) is 3.64. The highest BCUT2D eigenvalue weighted by atomic mass is 16.1. The fourth-order valence-corrected chi connectivity index (χ4v) is 2.75. The van der Waals surface area contributed by atoms with E-state index in [1.54, 1.807) is 4.57 Å². The smallest absolute Gasteiger partial charge is 0.274 e. The van der Waals surface area contributed by atoms with Crippen molar-refractivity contribution in [1.29, 1.82) is 5.26 Å². The van der Waals surface area contributed by atoms with E-state index in [9.17, 15) is 4.79 Å². The second-order valence-electron chi connectivity index (χ2n) is 5.58. The lowest BCUT2D eigenvalue weighted by molar-refractivity contribution is 0.303. The summed E-state index contributed by atoms with van der Waals surface area (Å²) in [6, 6.07) is 6.47. The molecule has 0 bridgehead atoms. The van der Waals surface area contributed by atoms with Gasteiger partial charge in [0.25, 0.3) is 5.56 Å². The summed E-state index contributed by atoms with van der Waals surface area (Å²) in [7, 11) is 0. The number of hydrogen-bond donors (Lipinski definition) is 1. The molecule has 0 aliphatic heterocycles. The highest BCUT2D eigenvalue weighted by molar-refractivity contribution is 5.41. The van der Waals surface area contributed by atoms with Gasteiger partial charge < -0.3 is 9.88 Å². The van der Waals surface area contributed by atoms with Crippen molar-refractivity contribution in [3.8, 4) is 6.07 Å². The predicted molar refractivity (Wildman–Crippen MR) is 76.1 cm³/mol. The molecule has 1 aliphatic carbocycles. The molecule has 0 unspecified atom stereocenters. The Morgan fingerprint density at radius 1 is 1.47 bits per heavy atom. The molecule has 1 aromatic heterocycles. The second-order valence-corrected chi connectivity index (χ2v) is 5.58. The van der Waals surface area contributed by atoms with E-state index in [0.717, 1.165) is 25.7 Å². The average molecular weight is 259 g/mol. The lowest BCUT2D eigenvalue weighted by Gasteiger charge is -2.27. The van der Waals surface area contributed by atoms with Crippen molar-refractivity contribution in [1.82, 2.24) is 4.57 Å². The van der Waals surface area contributed by atoms with Crippen LogP contribution in [0, 0.1) is 17.2 Å². The molecule has 0 aromatic carbocycles. The van der Waals surface area contributed by atoms with E-state index in [0.29, 0.717) is 5.69 Å². The molecule has 0 spiro atoms. The maximum absolute atomic E-state index is 12.4. The zero-order valence-corrected chi connectivity index (χ0v) is 11.6. The Morgan fingerprint density at radius 3 is 2.95 bits per heavy atom. The van der Waals surface area contributed by atoms with Gasteiger partial charge in [-0.25, -0.2) is 0 Å². The molecular weight excluding hydrogens is 238 g/mol. The van der Waals surface area contributed by atoms with E-state index < -0.39 is 0 Å². The van der Waals surface area contributed by atoms with Crippen LogP contribution in [0.25, 0.3) is 0 Å². The van der Waals surface area contributed by atoms with E-state index in [1.165, 1.54) is 0 Å². The summed E-state index contributed by atoms with van der Waals surface area (Å²) in [6.45, 7) is 4.03. The van der Waals surface area contributed by atoms with Gasteiger partial charge in [0, 0.05) is 24.2 Å². The Hall–Kier alpha value is -1.76. The average Bonchev–Trinajstić information content (AvgIpc) is 2.41. The molecular formula is C15H21N3O. The van der Waals surface area contributed by atoms with Gasteiger partial charge in [-0.3, -0.25) is 4.79 Å². The van der Waals surface area contributed by atoms with Gasteiger partial charge in [0.15, 0.2) is 0 Å². The number of nitrogens with zero attached hydrogens (tertiary/aromatic N) is 2. The lowest BCUT2D eigenvalue weighted by atomic mass is 9.86. The van der Waals surface area contributed by atoms with Crippen LogP contribution < -0.4 is 10.9 Å². The zero-order chi connectivity index (χ0) is 13.8. The van der Waals surface area contributed by atoms with Gasteiger partial charge in [0.1, 0.15) is 5.69 Å². The normalized spacial score (nSPS) is 23.1. The van der Waals surface area contributed by atoms with Gasteiger partial charge in [-0.1, -0.05) is 6.42 Å². The minimum absolute atomic E-state index is 0.0276. The molecule has 0 saturated heterocycles. The summed E-state index contributed by atoms with van der Waals surface area (Å²) in [4.78, 5) is 12.4. The van der Waals surface area contributed by atoms with Gasteiger partial charge >= 0.3 is 0 Å². The van der Waals surface area contributed by atoms with E-state index in [4.69, 9.17) is 5.26 Å².